The highest BCUT2D eigenvalue weighted by molar-refractivity contribution is 5.74. The van der Waals surface area contributed by atoms with Crippen molar-refractivity contribution in [3.63, 3.8) is 0 Å². The van der Waals surface area contributed by atoms with Crippen molar-refractivity contribution in [1.29, 1.82) is 0 Å². The van der Waals surface area contributed by atoms with E-state index in [4.69, 9.17) is 0 Å². The van der Waals surface area contributed by atoms with Gasteiger partial charge in [-0.15, -0.1) is 0 Å². The molecule has 0 fully saturated rings. The first-order chi connectivity index (χ1) is 4.72. The minimum Gasteiger partial charge on any atom is -0.320 e. The maximum Gasteiger partial charge on any atom is 0.223 e. The standard InChI is InChI=1S/C6H11NO.C2H6/c1-4-7(5-2)6(3)8;1-2/h4H,1,5H2,2-3H3;1-2H3. The predicted molar refractivity (Wildman–Crippen MR) is 44.6 cm³/mol. The van der Waals surface area contributed by atoms with Crippen LogP contribution in [0.3, 0.4) is 0 Å². The monoisotopic (exact) mass is 143 g/mol. The topological polar surface area (TPSA) is 20.3 Å². The molecule has 60 valence electrons. The van der Waals surface area contributed by atoms with Gasteiger partial charge in [0.15, 0.2) is 0 Å². The van der Waals surface area contributed by atoms with Gasteiger partial charge in [0.25, 0.3) is 0 Å². The molecule has 0 rings (SSSR count). The molecule has 0 unspecified atom stereocenters. The first-order valence-corrected chi connectivity index (χ1v) is 3.62. The van der Waals surface area contributed by atoms with Gasteiger partial charge in [-0.2, -0.15) is 0 Å². The van der Waals surface area contributed by atoms with Crippen LogP contribution in [0.5, 0.6) is 0 Å². The second-order valence-electron chi connectivity index (χ2n) is 1.49. The Morgan fingerprint density at radius 3 is 2.00 bits per heavy atom. The third-order valence-electron chi connectivity index (χ3n) is 0.966. The third-order valence-corrected chi connectivity index (χ3v) is 0.966. The molecule has 0 radical (unpaired) electrons. The Bertz CT molecular complexity index is 99.4. The molecule has 10 heavy (non-hydrogen) atoms. The van der Waals surface area contributed by atoms with Gasteiger partial charge in [-0.05, 0) is 13.1 Å². The van der Waals surface area contributed by atoms with Crippen LogP contribution in [0, 0.1) is 0 Å². The zero-order valence-electron chi connectivity index (χ0n) is 7.35. The van der Waals surface area contributed by atoms with E-state index >= 15 is 0 Å². The summed E-state index contributed by atoms with van der Waals surface area (Å²) >= 11 is 0. The van der Waals surface area contributed by atoms with Crippen molar-refractivity contribution in [2.75, 3.05) is 6.54 Å². The Labute approximate surface area is 63.5 Å². The van der Waals surface area contributed by atoms with Crippen molar-refractivity contribution in [1.82, 2.24) is 4.90 Å². The van der Waals surface area contributed by atoms with Gasteiger partial charge < -0.3 is 4.90 Å². The smallest absolute Gasteiger partial charge is 0.223 e. The Kier molecular flexibility index (Phi) is 9.80. The lowest BCUT2D eigenvalue weighted by Gasteiger charge is -2.10. The minimum atomic E-state index is 0.0440. The SMILES string of the molecule is C=CN(CC)C(C)=O.CC. The van der Waals surface area contributed by atoms with Crippen molar-refractivity contribution in [2.45, 2.75) is 27.7 Å². The highest BCUT2D eigenvalue weighted by Gasteiger charge is 1.96. The van der Waals surface area contributed by atoms with Crippen LogP contribution in [0.1, 0.15) is 27.7 Å². The zero-order valence-corrected chi connectivity index (χ0v) is 7.35. The molecule has 1 amide bonds. The van der Waals surface area contributed by atoms with Crippen LogP contribution in [-0.2, 0) is 4.79 Å². The van der Waals surface area contributed by atoms with Gasteiger partial charge in [-0.25, -0.2) is 0 Å². The van der Waals surface area contributed by atoms with E-state index in [0.717, 1.165) is 0 Å². The first kappa shape index (κ1) is 11.9. The molecule has 0 atom stereocenters. The number of amides is 1. The molecule has 0 aromatic heterocycles. The summed E-state index contributed by atoms with van der Waals surface area (Å²) in [5.74, 6) is 0.0440. The van der Waals surface area contributed by atoms with Crippen LogP contribution >= 0.6 is 0 Å². The normalized spacial score (nSPS) is 7.20. The largest absolute Gasteiger partial charge is 0.320 e. The fraction of sp³-hybridized carbons (Fsp3) is 0.625. The molecule has 0 aromatic rings. The van der Waals surface area contributed by atoms with Gasteiger partial charge in [0.1, 0.15) is 0 Å². The first-order valence-electron chi connectivity index (χ1n) is 3.62. The summed E-state index contributed by atoms with van der Waals surface area (Å²) in [5, 5.41) is 0. The molecule has 2 nitrogen and oxygen atoms in total. The molecular weight excluding hydrogens is 126 g/mol. The summed E-state index contributed by atoms with van der Waals surface area (Å²) in [6.07, 6.45) is 1.53. The molecule has 0 aromatic carbocycles. The Morgan fingerprint density at radius 1 is 1.60 bits per heavy atom. The average molecular weight is 143 g/mol. The second-order valence-corrected chi connectivity index (χ2v) is 1.49. The second kappa shape index (κ2) is 8.21. The number of hydrogen-bond donors (Lipinski definition) is 0. The lowest BCUT2D eigenvalue weighted by atomic mass is 10.5. The summed E-state index contributed by atoms with van der Waals surface area (Å²) in [7, 11) is 0. The van der Waals surface area contributed by atoms with E-state index in [1.165, 1.54) is 13.1 Å². The van der Waals surface area contributed by atoms with E-state index < -0.39 is 0 Å². The molecule has 0 saturated heterocycles. The summed E-state index contributed by atoms with van der Waals surface area (Å²) < 4.78 is 0. The number of rotatable bonds is 2. The Hall–Kier alpha value is -0.790. The lowest BCUT2D eigenvalue weighted by molar-refractivity contribution is -0.126. The highest BCUT2D eigenvalue weighted by atomic mass is 16.2. The Morgan fingerprint density at radius 2 is 2.00 bits per heavy atom. The van der Waals surface area contributed by atoms with Crippen molar-refractivity contribution in [3.05, 3.63) is 12.8 Å². The van der Waals surface area contributed by atoms with Gasteiger partial charge in [-0.1, -0.05) is 20.4 Å². The number of hydrogen-bond acceptors (Lipinski definition) is 1. The van der Waals surface area contributed by atoms with Crippen LogP contribution in [0.4, 0.5) is 0 Å². The fourth-order valence-electron chi connectivity index (χ4n) is 0.480. The maximum atomic E-state index is 10.5. The number of carbonyl (C=O) groups excluding carboxylic acids is 1. The van der Waals surface area contributed by atoms with Crippen LogP contribution < -0.4 is 0 Å². The zero-order chi connectivity index (χ0) is 8.57. The van der Waals surface area contributed by atoms with E-state index in [2.05, 4.69) is 6.58 Å². The quantitative estimate of drug-likeness (QED) is 0.579. The molecule has 0 saturated carbocycles. The van der Waals surface area contributed by atoms with Gasteiger partial charge in [-0.3, -0.25) is 4.79 Å². The molecule has 0 bridgehead atoms. The summed E-state index contributed by atoms with van der Waals surface area (Å²) in [6.45, 7) is 11.6. The van der Waals surface area contributed by atoms with Gasteiger partial charge in [0, 0.05) is 13.5 Å². The van der Waals surface area contributed by atoms with Crippen LogP contribution in [0.25, 0.3) is 0 Å². The van der Waals surface area contributed by atoms with Gasteiger partial charge in [0.2, 0.25) is 5.91 Å². The molecule has 0 aliphatic heterocycles. The van der Waals surface area contributed by atoms with Crippen molar-refractivity contribution < 1.29 is 4.79 Å². The van der Waals surface area contributed by atoms with E-state index in [1.807, 2.05) is 20.8 Å². The van der Waals surface area contributed by atoms with Gasteiger partial charge in [0.05, 0.1) is 0 Å². The van der Waals surface area contributed by atoms with Crippen molar-refractivity contribution >= 4 is 5.91 Å². The van der Waals surface area contributed by atoms with E-state index in [1.54, 1.807) is 4.90 Å². The van der Waals surface area contributed by atoms with Crippen LogP contribution in [0.15, 0.2) is 12.8 Å². The number of carbonyl (C=O) groups is 1. The molecule has 0 spiro atoms. The molecular formula is C8H17NO. The third kappa shape index (κ3) is 5.35. The summed E-state index contributed by atoms with van der Waals surface area (Å²) in [5.41, 5.74) is 0. The fourth-order valence-corrected chi connectivity index (χ4v) is 0.480. The van der Waals surface area contributed by atoms with Crippen LogP contribution in [-0.4, -0.2) is 17.4 Å². The molecule has 0 heterocycles. The molecule has 2 heteroatoms. The Balaban J connectivity index is 0. The van der Waals surface area contributed by atoms with E-state index in [9.17, 15) is 4.79 Å². The summed E-state index contributed by atoms with van der Waals surface area (Å²) in [6, 6.07) is 0. The maximum absolute atomic E-state index is 10.5. The van der Waals surface area contributed by atoms with E-state index in [0.29, 0.717) is 6.54 Å². The van der Waals surface area contributed by atoms with Gasteiger partial charge >= 0.3 is 0 Å². The van der Waals surface area contributed by atoms with Crippen LogP contribution in [0.2, 0.25) is 0 Å². The van der Waals surface area contributed by atoms with Crippen molar-refractivity contribution in [2.24, 2.45) is 0 Å². The van der Waals surface area contributed by atoms with E-state index in [-0.39, 0.29) is 5.91 Å². The molecule has 0 aliphatic carbocycles. The highest BCUT2D eigenvalue weighted by Crippen LogP contribution is 1.85. The minimum absolute atomic E-state index is 0.0440. The lowest BCUT2D eigenvalue weighted by Crippen LogP contribution is -2.21. The van der Waals surface area contributed by atoms with Crippen molar-refractivity contribution in [3.8, 4) is 0 Å². The average Bonchev–Trinajstić information content (AvgIpc) is 1.94. The predicted octanol–water partition coefficient (Wildman–Crippen LogP) is 2.02. The molecule has 0 N–H and O–H groups in total. The molecule has 0 aliphatic rings. The summed E-state index contributed by atoms with van der Waals surface area (Å²) in [4.78, 5) is 12.0. The number of nitrogens with zero attached hydrogens (tertiary/aromatic N) is 1.